The largest absolute Gasteiger partial charge is 0.469 e. The quantitative estimate of drug-likeness (QED) is 0.833. The molecule has 118 valence electrons. The SMILES string of the molecule is COC(=O)C1CCCC1S(=O)(=O)Nc1ccnn1C(C)C. The van der Waals surface area contributed by atoms with Gasteiger partial charge in [-0.15, -0.1) is 0 Å². The second kappa shape index (κ2) is 6.05. The zero-order valence-corrected chi connectivity index (χ0v) is 13.3. The standard InChI is InChI=1S/C13H21N3O4S/c1-9(2)16-12(7-8-14-16)15-21(18,19)11-6-4-5-10(11)13(17)20-3/h7-11,15H,4-6H2,1-3H3. The molecule has 1 aliphatic rings. The van der Waals surface area contributed by atoms with Gasteiger partial charge in [-0.25, -0.2) is 13.1 Å². The van der Waals surface area contributed by atoms with Gasteiger partial charge in [0.25, 0.3) is 0 Å². The monoisotopic (exact) mass is 315 g/mol. The number of nitrogens with one attached hydrogen (secondary N) is 1. The summed E-state index contributed by atoms with van der Waals surface area (Å²) in [7, 11) is -2.37. The summed E-state index contributed by atoms with van der Waals surface area (Å²) in [5.74, 6) is -0.635. The fourth-order valence-corrected chi connectivity index (χ4v) is 4.51. The number of carbonyl (C=O) groups excluding carboxylic acids is 1. The number of hydrogen-bond donors (Lipinski definition) is 1. The molecule has 1 N–H and O–H groups in total. The Labute approximate surface area is 124 Å². The number of hydrogen-bond acceptors (Lipinski definition) is 5. The maximum Gasteiger partial charge on any atom is 0.310 e. The summed E-state index contributed by atoms with van der Waals surface area (Å²) in [6.45, 7) is 3.83. The van der Waals surface area contributed by atoms with Crippen LogP contribution in [0.1, 0.15) is 39.2 Å². The summed E-state index contributed by atoms with van der Waals surface area (Å²) in [4.78, 5) is 11.7. The van der Waals surface area contributed by atoms with E-state index in [1.165, 1.54) is 7.11 Å². The van der Waals surface area contributed by atoms with Crippen LogP contribution < -0.4 is 4.72 Å². The van der Waals surface area contributed by atoms with Crippen LogP contribution in [0.4, 0.5) is 5.82 Å². The molecule has 0 bridgehead atoms. The van der Waals surface area contributed by atoms with Gasteiger partial charge in [-0.2, -0.15) is 5.10 Å². The zero-order valence-electron chi connectivity index (χ0n) is 12.4. The Morgan fingerprint density at radius 2 is 2.19 bits per heavy atom. The van der Waals surface area contributed by atoms with Crippen molar-refractivity contribution in [1.29, 1.82) is 0 Å². The molecule has 2 unspecified atom stereocenters. The topological polar surface area (TPSA) is 90.3 Å². The van der Waals surface area contributed by atoms with Crippen molar-refractivity contribution in [3.8, 4) is 0 Å². The maximum absolute atomic E-state index is 12.5. The molecule has 7 nitrogen and oxygen atoms in total. The average molecular weight is 315 g/mol. The van der Waals surface area contributed by atoms with Gasteiger partial charge in [-0.1, -0.05) is 6.42 Å². The molecule has 1 aromatic rings. The van der Waals surface area contributed by atoms with Gasteiger partial charge in [0.1, 0.15) is 5.82 Å². The molecule has 0 spiro atoms. The molecule has 0 amide bonds. The Hall–Kier alpha value is -1.57. The number of rotatable bonds is 5. The summed E-state index contributed by atoms with van der Waals surface area (Å²) >= 11 is 0. The third kappa shape index (κ3) is 3.20. The molecule has 1 fully saturated rings. The highest BCUT2D eigenvalue weighted by molar-refractivity contribution is 7.93. The van der Waals surface area contributed by atoms with Crippen LogP contribution in [0.2, 0.25) is 0 Å². The third-order valence-electron chi connectivity index (χ3n) is 3.76. The van der Waals surface area contributed by atoms with Crippen LogP contribution in [-0.2, 0) is 19.6 Å². The zero-order chi connectivity index (χ0) is 15.6. The lowest BCUT2D eigenvalue weighted by Gasteiger charge is -2.20. The maximum atomic E-state index is 12.5. The summed E-state index contributed by atoms with van der Waals surface area (Å²) in [5.41, 5.74) is 0. The van der Waals surface area contributed by atoms with E-state index in [1.807, 2.05) is 13.8 Å². The molecule has 1 saturated carbocycles. The lowest BCUT2D eigenvalue weighted by Crippen LogP contribution is -2.35. The van der Waals surface area contributed by atoms with Gasteiger partial charge in [-0.05, 0) is 26.7 Å². The average Bonchev–Trinajstić information content (AvgIpc) is 3.05. The number of ether oxygens (including phenoxy) is 1. The first kappa shape index (κ1) is 15.8. The second-order valence-corrected chi connectivity index (χ2v) is 7.40. The molecular weight excluding hydrogens is 294 g/mol. The molecule has 0 saturated heterocycles. The van der Waals surface area contributed by atoms with Crippen molar-refractivity contribution in [3.05, 3.63) is 12.3 Å². The number of carbonyl (C=O) groups is 1. The van der Waals surface area contributed by atoms with E-state index >= 15 is 0 Å². The number of methoxy groups -OCH3 is 1. The highest BCUT2D eigenvalue weighted by Gasteiger charge is 2.42. The van der Waals surface area contributed by atoms with Crippen LogP contribution >= 0.6 is 0 Å². The van der Waals surface area contributed by atoms with Crippen LogP contribution in [0.3, 0.4) is 0 Å². The van der Waals surface area contributed by atoms with Gasteiger partial charge < -0.3 is 4.74 Å². The van der Waals surface area contributed by atoms with E-state index in [2.05, 4.69) is 9.82 Å². The van der Waals surface area contributed by atoms with Gasteiger partial charge in [0, 0.05) is 12.1 Å². The van der Waals surface area contributed by atoms with Crippen molar-refractivity contribution in [2.45, 2.75) is 44.4 Å². The molecule has 2 atom stereocenters. The fourth-order valence-electron chi connectivity index (χ4n) is 2.75. The van der Waals surface area contributed by atoms with Crippen molar-refractivity contribution in [3.63, 3.8) is 0 Å². The Balaban J connectivity index is 2.22. The molecule has 1 heterocycles. The van der Waals surface area contributed by atoms with Crippen molar-refractivity contribution < 1.29 is 17.9 Å². The van der Waals surface area contributed by atoms with Crippen molar-refractivity contribution in [1.82, 2.24) is 9.78 Å². The minimum atomic E-state index is -3.65. The summed E-state index contributed by atoms with van der Waals surface area (Å²) in [5, 5.41) is 3.35. The predicted octanol–water partition coefficient (Wildman–Crippen LogP) is 1.55. The molecule has 21 heavy (non-hydrogen) atoms. The first-order chi connectivity index (χ1) is 9.86. The van der Waals surface area contributed by atoms with Crippen LogP contribution in [0.25, 0.3) is 0 Å². The second-order valence-electron chi connectivity index (χ2n) is 5.50. The van der Waals surface area contributed by atoms with Gasteiger partial charge in [0.15, 0.2) is 0 Å². The van der Waals surface area contributed by atoms with Gasteiger partial charge in [0.05, 0.1) is 24.5 Å². The molecule has 1 aliphatic carbocycles. The lowest BCUT2D eigenvalue weighted by atomic mass is 10.1. The Morgan fingerprint density at radius 3 is 2.81 bits per heavy atom. The molecular formula is C13H21N3O4S. The number of esters is 1. The number of anilines is 1. The first-order valence-electron chi connectivity index (χ1n) is 6.99. The number of sulfonamides is 1. The Morgan fingerprint density at radius 1 is 1.48 bits per heavy atom. The van der Waals surface area contributed by atoms with E-state index in [-0.39, 0.29) is 6.04 Å². The molecule has 0 aliphatic heterocycles. The van der Waals surface area contributed by atoms with Crippen molar-refractivity contribution in [2.75, 3.05) is 11.8 Å². The summed E-state index contributed by atoms with van der Waals surface area (Å²) in [6.07, 6.45) is 3.26. The van der Waals surface area contributed by atoms with Crippen molar-refractivity contribution >= 4 is 21.8 Å². The van der Waals surface area contributed by atoms with Gasteiger partial charge in [-0.3, -0.25) is 9.52 Å². The van der Waals surface area contributed by atoms with Gasteiger partial charge in [0.2, 0.25) is 10.0 Å². The molecule has 0 aromatic carbocycles. The Bertz CT molecular complexity index is 609. The molecule has 2 rings (SSSR count). The van der Waals surface area contributed by atoms with E-state index in [9.17, 15) is 13.2 Å². The summed E-state index contributed by atoms with van der Waals surface area (Å²) in [6, 6.07) is 1.65. The first-order valence-corrected chi connectivity index (χ1v) is 8.54. The normalized spacial score (nSPS) is 22.5. The molecule has 8 heteroatoms. The smallest absolute Gasteiger partial charge is 0.310 e. The van der Waals surface area contributed by atoms with E-state index in [0.717, 1.165) is 0 Å². The van der Waals surface area contributed by atoms with Crippen LogP contribution in [0.5, 0.6) is 0 Å². The lowest BCUT2D eigenvalue weighted by molar-refractivity contribution is -0.145. The minimum absolute atomic E-state index is 0.0395. The van der Waals surface area contributed by atoms with E-state index < -0.39 is 27.2 Å². The number of aromatic nitrogens is 2. The Kier molecular flexibility index (Phi) is 4.55. The van der Waals surface area contributed by atoms with Crippen LogP contribution in [0.15, 0.2) is 12.3 Å². The van der Waals surface area contributed by atoms with E-state index in [1.54, 1.807) is 16.9 Å². The van der Waals surface area contributed by atoms with Gasteiger partial charge >= 0.3 is 5.97 Å². The van der Waals surface area contributed by atoms with E-state index in [0.29, 0.717) is 25.1 Å². The molecule has 0 radical (unpaired) electrons. The molecule has 1 aromatic heterocycles. The minimum Gasteiger partial charge on any atom is -0.469 e. The van der Waals surface area contributed by atoms with Crippen LogP contribution in [0, 0.1) is 5.92 Å². The number of nitrogens with zero attached hydrogens (tertiary/aromatic N) is 2. The van der Waals surface area contributed by atoms with Crippen molar-refractivity contribution in [2.24, 2.45) is 5.92 Å². The summed E-state index contributed by atoms with van der Waals surface area (Å²) < 4.78 is 34.0. The highest BCUT2D eigenvalue weighted by atomic mass is 32.2. The van der Waals surface area contributed by atoms with E-state index in [4.69, 9.17) is 4.74 Å². The predicted molar refractivity (Wildman–Crippen MR) is 78.3 cm³/mol. The fraction of sp³-hybridized carbons (Fsp3) is 0.692. The van der Waals surface area contributed by atoms with Crippen LogP contribution in [-0.4, -0.2) is 36.5 Å². The third-order valence-corrected chi connectivity index (χ3v) is 5.62. The highest BCUT2D eigenvalue weighted by Crippen LogP contribution is 2.33.